The van der Waals surface area contributed by atoms with Gasteiger partial charge in [0.15, 0.2) is 0 Å². The third-order valence-electron chi connectivity index (χ3n) is 3.53. The van der Waals surface area contributed by atoms with Crippen LogP contribution >= 0.6 is 0 Å². The van der Waals surface area contributed by atoms with Crippen LogP contribution in [0.3, 0.4) is 0 Å². The molecule has 0 bridgehead atoms. The average molecular weight is 190 g/mol. The Balaban J connectivity index is 2.03. The topological polar surface area (TPSA) is 20.2 Å². The fourth-order valence-corrected chi connectivity index (χ4v) is 2.18. The SMILES string of the molecule is CC(C1CCC1)C(O)c1ccccc1. The van der Waals surface area contributed by atoms with Gasteiger partial charge < -0.3 is 5.11 Å². The Labute approximate surface area is 85.8 Å². The molecule has 1 fully saturated rings. The van der Waals surface area contributed by atoms with E-state index in [1.807, 2.05) is 30.3 Å². The van der Waals surface area contributed by atoms with Crippen LogP contribution in [-0.2, 0) is 0 Å². The van der Waals surface area contributed by atoms with Gasteiger partial charge in [-0.25, -0.2) is 0 Å². The summed E-state index contributed by atoms with van der Waals surface area (Å²) in [7, 11) is 0. The Kier molecular flexibility index (Phi) is 2.87. The number of aliphatic hydroxyl groups excluding tert-OH is 1. The summed E-state index contributed by atoms with van der Waals surface area (Å²) in [5, 5.41) is 10.1. The summed E-state index contributed by atoms with van der Waals surface area (Å²) in [4.78, 5) is 0. The summed E-state index contributed by atoms with van der Waals surface area (Å²) in [5.74, 6) is 1.15. The van der Waals surface area contributed by atoms with E-state index in [1.54, 1.807) is 0 Å². The second-order valence-electron chi connectivity index (χ2n) is 4.41. The molecule has 1 aliphatic carbocycles. The highest BCUT2D eigenvalue weighted by Crippen LogP contribution is 2.39. The Morgan fingerprint density at radius 1 is 1.21 bits per heavy atom. The molecule has 2 atom stereocenters. The van der Waals surface area contributed by atoms with Gasteiger partial charge in [0.2, 0.25) is 0 Å². The highest BCUT2D eigenvalue weighted by molar-refractivity contribution is 5.18. The van der Waals surface area contributed by atoms with Crippen molar-refractivity contribution in [2.24, 2.45) is 11.8 Å². The van der Waals surface area contributed by atoms with Crippen molar-refractivity contribution in [2.75, 3.05) is 0 Å². The van der Waals surface area contributed by atoms with E-state index in [4.69, 9.17) is 0 Å². The zero-order valence-electron chi connectivity index (χ0n) is 8.69. The largest absolute Gasteiger partial charge is 0.388 e. The van der Waals surface area contributed by atoms with E-state index in [1.165, 1.54) is 19.3 Å². The number of benzene rings is 1. The van der Waals surface area contributed by atoms with Gasteiger partial charge in [-0.15, -0.1) is 0 Å². The fourth-order valence-electron chi connectivity index (χ4n) is 2.18. The summed E-state index contributed by atoms with van der Waals surface area (Å²) < 4.78 is 0. The summed E-state index contributed by atoms with van der Waals surface area (Å²) in [6, 6.07) is 10.0. The molecule has 14 heavy (non-hydrogen) atoms. The summed E-state index contributed by atoms with van der Waals surface area (Å²) in [6.07, 6.45) is 3.66. The van der Waals surface area contributed by atoms with Crippen molar-refractivity contribution >= 4 is 0 Å². The molecule has 0 spiro atoms. The van der Waals surface area contributed by atoms with Crippen molar-refractivity contribution in [1.29, 1.82) is 0 Å². The van der Waals surface area contributed by atoms with Crippen LogP contribution < -0.4 is 0 Å². The van der Waals surface area contributed by atoms with Gasteiger partial charge in [-0.05, 0) is 17.4 Å². The molecule has 0 aromatic heterocycles. The predicted octanol–water partition coefficient (Wildman–Crippen LogP) is 3.16. The zero-order valence-corrected chi connectivity index (χ0v) is 8.69. The van der Waals surface area contributed by atoms with Crippen molar-refractivity contribution < 1.29 is 5.11 Å². The van der Waals surface area contributed by atoms with Crippen LogP contribution in [0.15, 0.2) is 30.3 Å². The van der Waals surface area contributed by atoms with Crippen molar-refractivity contribution in [3.05, 3.63) is 35.9 Å². The molecule has 1 heteroatoms. The van der Waals surface area contributed by atoms with Gasteiger partial charge in [0.05, 0.1) is 6.10 Å². The fraction of sp³-hybridized carbons (Fsp3) is 0.538. The molecular weight excluding hydrogens is 172 g/mol. The van der Waals surface area contributed by atoms with Gasteiger partial charge in [-0.1, -0.05) is 56.5 Å². The lowest BCUT2D eigenvalue weighted by Crippen LogP contribution is -2.24. The molecule has 76 valence electrons. The van der Waals surface area contributed by atoms with E-state index in [0.29, 0.717) is 5.92 Å². The Morgan fingerprint density at radius 2 is 1.86 bits per heavy atom. The average Bonchev–Trinajstić information content (AvgIpc) is 2.15. The molecule has 0 amide bonds. The number of aliphatic hydroxyl groups is 1. The molecule has 2 rings (SSSR count). The third-order valence-corrected chi connectivity index (χ3v) is 3.53. The quantitative estimate of drug-likeness (QED) is 0.776. The van der Waals surface area contributed by atoms with Gasteiger partial charge in [-0.3, -0.25) is 0 Å². The second-order valence-corrected chi connectivity index (χ2v) is 4.41. The minimum Gasteiger partial charge on any atom is -0.388 e. The lowest BCUT2D eigenvalue weighted by Gasteiger charge is -2.34. The Hall–Kier alpha value is -0.820. The summed E-state index contributed by atoms with van der Waals surface area (Å²) >= 11 is 0. The molecule has 2 unspecified atom stereocenters. The van der Waals surface area contributed by atoms with Crippen LogP contribution in [0.1, 0.15) is 37.9 Å². The normalized spacial score (nSPS) is 21.3. The highest BCUT2D eigenvalue weighted by atomic mass is 16.3. The van der Waals surface area contributed by atoms with E-state index in [2.05, 4.69) is 6.92 Å². The molecule has 1 N–H and O–H groups in total. The van der Waals surface area contributed by atoms with Crippen LogP contribution in [0, 0.1) is 11.8 Å². The molecule has 0 aliphatic heterocycles. The minimum atomic E-state index is -0.276. The molecule has 1 nitrogen and oxygen atoms in total. The van der Waals surface area contributed by atoms with Crippen molar-refractivity contribution in [3.8, 4) is 0 Å². The molecule has 1 saturated carbocycles. The van der Waals surface area contributed by atoms with Gasteiger partial charge in [0, 0.05) is 0 Å². The summed E-state index contributed by atoms with van der Waals surface area (Å²) in [6.45, 7) is 2.17. The molecular formula is C13H18O. The molecule has 1 aromatic carbocycles. The number of hydrogen-bond donors (Lipinski definition) is 1. The van der Waals surface area contributed by atoms with Crippen LogP contribution in [0.25, 0.3) is 0 Å². The van der Waals surface area contributed by atoms with Crippen LogP contribution in [0.4, 0.5) is 0 Å². The highest BCUT2D eigenvalue weighted by Gasteiger charge is 2.29. The zero-order chi connectivity index (χ0) is 9.97. The maximum atomic E-state index is 10.1. The maximum absolute atomic E-state index is 10.1. The van der Waals surface area contributed by atoms with Crippen molar-refractivity contribution in [2.45, 2.75) is 32.3 Å². The molecule has 0 radical (unpaired) electrons. The minimum absolute atomic E-state index is 0.276. The first-order chi connectivity index (χ1) is 6.79. The lowest BCUT2D eigenvalue weighted by atomic mass is 9.73. The molecule has 1 aliphatic rings. The molecule has 0 heterocycles. The van der Waals surface area contributed by atoms with Crippen molar-refractivity contribution in [1.82, 2.24) is 0 Å². The lowest BCUT2D eigenvalue weighted by molar-refractivity contribution is 0.0534. The van der Waals surface area contributed by atoms with E-state index >= 15 is 0 Å². The number of hydrogen-bond acceptors (Lipinski definition) is 1. The Morgan fingerprint density at radius 3 is 2.36 bits per heavy atom. The monoisotopic (exact) mass is 190 g/mol. The van der Waals surface area contributed by atoms with Crippen LogP contribution in [0.2, 0.25) is 0 Å². The summed E-state index contributed by atoms with van der Waals surface area (Å²) in [5.41, 5.74) is 1.06. The first kappa shape index (κ1) is 9.72. The van der Waals surface area contributed by atoms with E-state index in [9.17, 15) is 5.11 Å². The van der Waals surface area contributed by atoms with Gasteiger partial charge in [0.1, 0.15) is 0 Å². The maximum Gasteiger partial charge on any atom is 0.0818 e. The standard InChI is InChI=1S/C13H18O/c1-10(11-8-5-9-11)13(14)12-6-3-2-4-7-12/h2-4,6-7,10-11,13-14H,5,8-9H2,1H3. The van der Waals surface area contributed by atoms with Gasteiger partial charge in [-0.2, -0.15) is 0 Å². The number of rotatable bonds is 3. The van der Waals surface area contributed by atoms with Gasteiger partial charge in [0.25, 0.3) is 0 Å². The first-order valence-electron chi connectivity index (χ1n) is 5.52. The van der Waals surface area contributed by atoms with Gasteiger partial charge >= 0.3 is 0 Å². The predicted molar refractivity (Wildman–Crippen MR) is 57.9 cm³/mol. The smallest absolute Gasteiger partial charge is 0.0818 e. The molecule has 1 aromatic rings. The van der Waals surface area contributed by atoms with Crippen molar-refractivity contribution in [3.63, 3.8) is 0 Å². The first-order valence-corrected chi connectivity index (χ1v) is 5.52. The third kappa shape index (κ3) is 1.83. The van der Waals surface area contributed by atoms with E-state index in [0.717, 1.165) is 11.5 Å². The Bertz CT molecular complexity index is 277. The van der Waals surface area contributed by atoms with Crippen LogP contribution in [0.5, 0.6) is 0 Å². The molecule has 0 saturated heterocycles. The van der Waals surface area contributed by atoms with E-state index < -0.39 is 0 Å². The second kappa shape index (κ2) is 4.14. The van der Waals surface area contributed by atoms with Crippen LogP contribution in [-0.4, -0.2) is 5.11 Å². The van der Waals surface area contributed by atoms with E-state index in [-0.39, 0.29) is 6.10 Å².